The number of aromatic hydroxyl groups is 1. The van der Waals surface area contributed by atoms with E-state index in [2.05, 4.69) is 10.5 Å². The van der Waals surface area contributed by atoms with Gasteiger partial charge in [0, 0.05) is 26.0 Å². The lowest BCUT2D eigenvalue weighted by atomic mass is 10.2. The summed E-state index contributed by atoms with van der Waals surface area (Å²) in [5.74, 6) is -0.528. The first-order valence-corrected chi connectivity index (χ1v) is 7.13. The molecule has 0 aromatic heterocycles. The number of carbonyl (C=O) groups excluding carboxylic acids is 1. The molecule has 2 N–H and O–H groups in total. The number of hydrogen-bond donors (Lipinski definition) is 2. The third kappa shape index (κ3) is 5.44. The molecule has 126 valence electrons. The average molecular weight is 346 g/mol. The van der Waals surface area contributed by atoms with Crippen LogP contribution in [0.1, 0.15) is 15.9 Å². The van der Waals surface area contributed by atoms with Crippen molar-refractivity contribution in [3.05, 3.63) is 65.7 Å². The normalized spacial score (nSPS) is 10.6. The summed E-state index contributed by atoms with van der Waals surface area (Å²) in [6, 6.07) is 14.4. The van der Waals surface area contributed by atoms with Crippen LogP contribution in [0.3, 0.4) is 0 Å². The quantitative estimate of drug-likeness (QED) is 0.645. The van der Waals surface area contributed by atoms with Crippen LogP contribution in [0.4, 0.5) is 5.69 Å². The van der Waals surface area contributed by atoms with E-state index in [4.69, 9.17) is 0 Å². The van der Waals surface area contributed by atoms with E-state index >= 15 is 0 Å². The van der Waals surface area contributed by atoms with Gasteiger partial charge in [-0.15, -0.1) is 12.4 Å². The number of nitrogens with zero attached hydrogens (tertiary/aromatic N) is 2. The molecule has 0 bridgehead atoms. The maximum atomic E-state index is 11.8. The van der Waals surface area contributed by atoms with Gasteiger partial charge in [0.1, 0.15) is 5.75 Å². The summed E-state index contributed by atoms with van der Waals surface area (Å²) in [4.78, 5) is 13.8. The fourth-order valence-electron chi connectivity index (χ4n) is 1.90. The number of carbonyl (C=O) groups is 1. The Hall–Kier alpha value is -2.79. The third-order valence-corrected chi connectivity index (χ3v) is 3.17. The zero-order chi connectivity index (χ0) is 16.7. The zero-order valence-corrected chi connectivity index (χ0v) is 14.3. The Morgan fingerprint density at radius 2 is 1.79 bits per heavy atom. The Balaban J connectivity index is 0.00000288. The molecule has 0 unspecified atom stereocenters. The molecule has 0 atom stereocenters. The number of benzene rings is 2. The molecule has 1 amide bonds. The molecule has 5 nitrogen and oxygen atoms in total. The molecule has 0 fully saturated rings. The van der Waals surface area contributed by atoms with Gasteiger partial charge in [0.2, 0.25) is 0 Å². The summed E-state index contributed by atoms with van der Waals surface area (Å²) in [6.45, 7) is 0. The summed E-state index contributed by atoms with van der Waals surface area (Å²) in [5.41, 5.74) is 4.72. The summed E-state index contributed by atoms with van der Waals surface area (Å²) in [6.07, 6.45) is 5.10. The van der Waals surface area contributed by atoms with Crippen LogP contribution in [-0.4, -0.2) is 31.3 Å². The summed E-state index contributed by atoms with van der Waals surface area (Å²) < 4.78 is 0. The first kappa shape index (κ1) is 19.3. The number of hydrogen-bond acceptors (Lipinski definition) is 4. The third-order valence-electron chi connectivity index (χ3n) is 3.17. The molecule has 0 saturated heterocycles. The van der Waals surface area contributed by atoms with Crippen molar-refractivity contribution in [2.45, 2.75) is 0 Å². The molecule has 2 aromatic carbocycles. The Bertz CT molecular complexity index is 725. The van der Waals surface area contributed by atoms with E-state index in [1.165, 1.54) is 18.3 Å². The van der Waals surface area contributed by atoms with Crippen molar-refractivity contribution in [2.75, 3.05) is 19.0 Å². The number of para-hydroxylation sites is 1. The van der Waals surface area contributed by atoms with Crippen LogP contribution in [0.15, 0.2) is 59.7 Å². The van der Waals surface area contributed by atoms with Crippen LogP contribution in [0.2, 0.25) is 0 Å². The predicted molar refractivity (Wildman–Crippen MR) is 101 cm³/mol. The second kappa shape index (κ2) is 9.37. The maximum Gasteiger partial charge on any atom is 0.275 e. The first-order valence-electron chi connectivity index (χ1n) is 7.13. The van der Waals surface area contributed by atoms with Gasteiger partial charge < -0.3 is 10.0 Å². The average Bonchev–Trinajstić information content (AvgIpc) is 2.55. The molecule has 24 heavy (non-hydrogen) atoms. The Labute approximate surface area is 147 Å². The van der Waals surface area contributed by atoms with E-state index in [0.29, 0.717) is 0 Å². The van der Waals surface area contributed by atoms with E-state index < -0.39 is 5.91 Å². The number of rotatable bonds is 5. The summed E-state index contributed by atoms with van der Waals surface area (Å²) in [7, 11) is 3.98. The Kier molecular flexibility index (Phi) is 7.52. The second-order valence-electron chi connectivity index (χ2n) is 5.08. The van der Waals surface area contributed by atoms with Crippen LogP contribution in [0.25, 0.3) is 6.08 Å². The molecule has 0 spiro atoms. The lowest BCUT2D eigenvalue weighted by Crippen LogP contribution is -2.17. The van der Waals surface area contributed by atoms with Crippen LogP contribution in [-0.2, 0) is 0 Å². The van der Waals surface area contributed by atoms with Gasteiger partial charge in [0.05, 0.1) is 5.56 Å². The van der Waals surface area contributed by atoms with Crippen molar-refractivity contribution in [2.24, 2.45) is 5.10 Å². The van der Waals surface area contributed by atoms with Gasteiger partial charge in [-0.25, -0.2) is 5.43 Å². The van der Waals surface area contributed by atoms with Gasteiger partial charge in [0.25, 0.3) is 5.91 Å². The number of nitrogens with one attached hydrogen (secondary N) is 1. The minimum atomic E-state index is -0.455. The number of hydrazone groups is 1. The molecule has 0 saturated carbocycles. The highest BCUT2D eigenvalue weighted by Crippen LogP contribution is 2.15. The first-order chi connectivity index (χ1) is 11.1. The second-order valence-corrected chi connectivity index (χ2v) is 5.08. The van der Waals surface area contributed by atoms with E-state index in [1.807, 2.05) is 49.3 Å². The van der Waals surface area contributed by atoms with Gasteiger partial charge in [-0.2, -0.15) is 5.10 Å². The van der Waals surface area contributed by atoms with Gasteiger partial charge in [-0.1, -0.05) is 30.3 Å². The molecule has 0 radical (unpaired) electrons. The molecule has 0 heterocycles. The number of anilines is 1. The number of amides is 1. The minimum absolute atomic E-state index is 0. The van der Waals surface area contributed by atoms with E-state index in [-0.39, 0.29) is 23.7 Å². The van der Waals surface area contributed by atoms with Gasteiger partial charge in [-0.3, -0.25) is 4.79 Å². The van der Waals surface area contributed by atoms with Crippen LogP contribution >= 0.6 is 12.4 Å². The van der Waals surface area contributed by atoms with Gasteiger partial charge in [-0.05, 0) is 35.9 Å². The van der Waals surface area contributed by atoms with Crippen molar-refractivity contribution < 1.29 is 9.90 Å². The van der Waals surface area contributed by atoms with Crippen molar-refractivity contribution in [3.8, 4) is 5.75 Å². The Morgan fingerprint density at radius 1 is 1.12 bits per heavy atom. The molecule has 0 aliphatic heterocycles. The number of phenolic OH excluding ortho intramolecular Hbond substituents is 1. The van der Waals surface area contributed by atoms with Crippen LogP contribution < -0.4 is 10.3 Å². The molecular formula is C18H20ClN3O2. The van der Waals surface area contributed by atoms with Crippen molar-refractivity contribution in [3.63, 3.8) is 0 Å². The van der Waals surface area contributed by atoms with E-state index in [0.717, 1.165) is 11.3 Å². The maximum absolute atomic E-state index is 11.8. The molecule has 0 aliphatic carbocycles. The summed E-state index contributed by atoms with van der Waals surface area (Å²) in [5, 5.41) is 13.4. The molecule has 2 aromatic rings. The minimum Gasteiger partial charge on any atom is -0.507 e. The van der Waals surface area contributed by atoms with Crippen molar-refractivity contribution >= 4 is 36.3 Å². The Morgan fingerprint density at radius 3 is 2.42 bits per heavy atom. The van der Waals surface area contributed by atoms with E-state index in [9.17, 15) is 9.90 Å². The highest BCUT2D eigenvalue weighted by Gasteiger charge is 2.08. The predicted octanol–water partition coefficient (Wildman–Crippen LogP) is 3.31. The monoisotopic (exact) mass is 345 g/mol. The standard InChI is InChI=1S/C18H19N3O2.ClH/c1-21(2)15-11-9-14(10-12-15)6-5-13-19-20-18(23)16-7-3-4-8-17(16)22;/h3-13,22H,1-2H3,(H,20,23);1H/b6-5+,19-13+;. The molecule has 2 rings (SSSR count). The number of halogens is 1. The lowest BCUT2D eigenvalue weighted by molar-refractivity contribution is 0.0952. The van der Waals surface area contributed by atoms with Gasteiger partial charge >= 0.3 is 0 Å². The molecule has 6 heteroatoms. The number of phenols is 1. The highest BCUT2D eigenvalue weighted by molar-refractivity contribution is 5.97. The zero-order valence-electron chi connectivity index (χ0n) is 13.5. The summed E-state index contributed by atoms with van der Waals surface area (Å²) >= 11 is 0. The van der Waals surface area contributed by atoms with Crippen molar-refractivity contribution in [1.82, 2.24) is 5.43 Å². The van der Waals surface area contributed by atoms with Gasteiger partial charge in [0.15, 0.2) is 0 Å². The lowest BCUT2D eigenvalue weighted by Gasteiger charge is -2.11. The fraction of sp³-hybridized carbons (Fsp3) is 0.111. The molecular weight excluding hydrogens is 326 g/mol. The largest absolute Gasteiger partial charge is 0.507 e. The highest BCUT2D eigenvalue weighted by atomic mass is 35.5. The van der Waals surface area contributed by atoms with Crippen molar-refractivity contribution in [1.29, 1.82) is 0 Å². The van der Waals surface area contributed by atoms with Crippen LogP contribution in [0.5, 0.6) is 5.75 Å². The van der Waals surface area contributed by atoms with Crippen LogP contribution in [0, 0.1) is 0 Å². The smallest absolute Gasteiger partial charge is 0.275 e. The SMILES string of the molecule is CN(C)c1ccc(/C=C/C=N/NC(=O)c2ccccc2O)cc1.Cl. The molecule has 0 aliphatic rings. The van der Waals surface area contributed by atoms with E-state index in [1.54, 1.807) is 18.2 Å². The fourth-order valence-corrected chi connectivity index (χ4v) is 1.90. The number of allylic oxidation sites excluding steroid dienone is 1. The topological polar surface area (TPSA) is 64.9 Å².